The lowest BCUT2D eigenvalue weighted by molar-refractivity contribution is -0.148. The Bertz CT molecular complexity index is 286. The van der Waals surface area contributed by atoms with Crippen LogP contribution in [0.15, 0.2) is 0 Å². The SMILES string of the molecule is CCOC(=O)COCCN1CCN2CCCCC2C1. The molecule has 0 bridgehead atoms. The van der Waals surface area contributed by atoms with E-state index in [2.05, 4.69) is 9.80 Å². The summed E-state index contributed by atoms with van der Waals surface area (Å²) < 4.78 is 10.2. The Morgan fingerprint density at radius 3 is 3.00 bits per heavy atom. The van der Waals surface area contributed by atoms with Crippen LogP contribution in [-0.4, -0.2) is 74.4 Å². The molecule has 0 spiro atoms. The van der Waals surface area contributed by atoms with Gasteiger partial charge in [0.05, 0.1) is 13.2 Å². The van der Waals surface area contributed by atoms with Crippen LogP contribution in [0, 0.1) is 0 Å². The molecule has 0 aliphatic carbocycles. The topological polar surface area (TPSA) is 42.0 Å². The van der Waals surface area contributed by atoms with Gasteiger partial charge in [-0.25, -0.2) is 4.79 Å². The number of esters is 1. The second-order valence-electron chi connectivity index (χ2n) is 5.34. The molecule has 0 saturated carbocycles. The predicted octanol–water partition coefficient (Wildman–Crippen LogP) is 0.736. The summed E-state index contributed by atoms with van der Waals surface area (Å²) in [6.45, 7) is 8.59. The van der Waals surface area contributed by atoms with Crippen LogP contribution in [0.3, 0.4) is 0 Å². The van der Waals surface area contributed by atoms with Gasteiger partial charge >= 0.3 is 5.97 Å². The summed E-state index contributed by atoms with van der Waals surface area (Å²) in [5, 5.41) is 0. The van der Waals surface area contributed by atoms with Gasteiger partial charge in [0, 0.05) is 32.2 Å². The molecule has 1 unspecified atom stereocenters. The van der Waals surface area contributed by atoms with E-state index in [1.807, 2.05) is 6.92 Å². The molecule has 2 rings (SSSR count). The number of hydrogen-bond donors (Lipinski definition) is 0. The molecule has 2 heterocycles. The third-order valence-corrected chi connectivity index (χ3v) is 4.00. The average molecular weight is 270 g/mol. The molecule has 0 amide bonds. The Morgan fingerprint density at radius 1 is 1.26 bits per heavy atom. The third-order valence-electron chi connectivity index (χ3n) is 4.00. The Labute approximate surface area is 115 Å². The molecule has 19 heavy (non-hydrogen) atoms. The zero-order chi connectivity index (χ0) is 13.5. The third kappa shape index (κ3) is 4.75. The van der Waals surface area contributed by atoms with Crippen LogP contribution in [0.4, 0.5) is 0 Å². The Kier molecular flexibility index (Phi) is 6.07. The second-order valence-corrected chi connectivity index (χ2v) is 5.34. The molecule has 0 aromatic carbocycles. The van der Waals surface area contributed by atoms with E-state index >= 15 is 0 Å². The van der Waals surface area contributed by atoms with Gasteiger partial charge in [0.25, 0.3) is 0 Å². The molecule has 0 radical (unpaired) electrons. The van der Waals surface area contributed by atoms with E-state index in [0.717, 1.165) is 25.7 Å². The van der Waals surface area contributed by atoms with E-state index in [9.17, 15) is 4.79 Å². The minimum Gasteiger partial charge on any atom is -0.464 e. The molecule has 1 atom stereocenters. The van der Waals surface area contributed by atoms with Gasteiger partial charge in [0.2, 0.25) is 0 Å². The van der Waals surface area contributed by atoms with E-state index in [0.29, 0.717) is 13.2 Å². The first kappa shape index (κ1) is 14.8. The van der Waals surface area contributed by atoms with Gasteiger partial charge in [-0.15, -0.1) is 0 Å². The van der Waals surface area contributed by atoms with E-state index in [1.165, 1.54) is 32.4 Å². The maximum absolute atomic E-state index is 11.1. The number of piperazine rings is 1. The van der Waals surface area contributed by atoms with Crippen molar-refractivity contribution < 1.29 is 14.3 Å². The first-order valence-corrected chi connectivity index (χ1v) is 7.49. The summed E-state index contributed by atoms with van der Waals surface area (Å²) in [6.07, 6.45) is 4.06. The van der Waals surface area contributed by atoms with Crippen LogP contribution < -0.4 is 0 Å². The fraction of sp³-hybridized carbons (Fsp3) is 0.929. The van der Waals surface area contributed by atoms with E-state index in [1.54, 1.807) is 0 Å². The first-order chi connectivity index (χ1) is 9.29. The normalized spacial score (nSPS) is 25.0. The van der Waals surface area contributed by atoms with Crippen molar-refractivity contribution in [3.05, 3.63) is 0 Å². The monoisotopic (exact) mass is 270 g/mol. The molecule has 110 valence electrons. The van der Waals surface area contributed by atoms with Crippen LogP contribution in [0.25, 0.3) is 0 Å². The quantitative estimate of drug-likeness (QED) is 0.526. The number of carbonyl (C=O) groups is 1. The summed E-state index contributed by atoms with van der Waals surface area (Å²) in [5.41, 5.74) is 0. The molecule has 2 fully saturated rings. The van der Waals surface area contributed by atoms with E-state index in [4.69, 9.17) is 9.47 Å². The van der Waals surface area contributed by atoms with Gasteiger partial charge in [0.15, 0.2) is 0 Å². The number of fused-ring (bicyclic) bond motifs is 1. The average Bonchev–Trinajstić information content (AvgIpc) is 2.44. The summed E-state index contributed by atoms with van der Waals surface area (Å²) in [6, 6.07) is 0.743. The highest BCUT2D eigenvalue weighted by Crippen LogP contribution is 2.20. The molecule has 2 aliphatic heterocycles. The number of carbonyl (C=O) groups excluding carboxylic acids is 1. The summed E-state index contributed by atoms with van der Waals surface area (Å²) in [5.74, 6) is -0.264. The Morgan fingerprint density at radius 2 is 2.16 bits per heavy atom. The van der Waals surface area contributed by atoms with Crippen LogP contribution in [0.5, 0.6) is 0 Å². The van der Waals surface area contributed by atoms with Crippen molar-refractivity contribution in [3.63, 3.8) is 0 Å². The maximum Gasteiger partial charge on any atom is 0.332 e. The molecule has 5 heteroatoms. The van der Waals surface area contributed by atoms with Gasteiger partial charge < -0.3 is 9.47 Å². The van der Waals surface area contributed by atoms with E-state index < -0.39 is 0 Å². The molecule has 2 saturated heterocycles. The van der Waals surface area contributed by atoms with Crippen molar-refractivity contribution in [1.82, 2.24) is 9.80 Å². The van der Waals surface area contributed by atoms with Crippen molar-refractivity contribution in [2.24, 2.45) is 0 Å². The standard InChI is InChI=1S/C14H26N2O3/c1-2-19-14(17)12-18-10-9-15-7-8-16-6-4-3-5-13(16)11-15/h13H,2-12H2,1H3. The van der Waals surface area contributed by atoms with Crippen LogP contribution in [0.2, 0.25) is 0 Å². The summed E-state index contributed by atoms with van der Waals surface area (Å²) in [7, 11) is 0. The highest BCUT2D eigenvalue weighted by Gasteiger charge is 2.28. The number of ether oxygens (including phenoxy) is 2. The highest BCUT2D eigenvalue weighted by atomic mass is 16.6. The maximum atomic E-state index is 11.1. The molecule has 0 aromatic heterocycles. The summed E-state index contributed by atoms with van der Waals surface area (Å²) >= 11 is 0. The van der Waals surface area contributed by atoms with Gasteiger partial charge in [-0.3, -0.25) is 9.80 Å². The number of nitrogens with zero attached hydrogens (tertiary/aromatic N) is 2. The van der Waals surface area contributed by atoms with E-state index in [-0.39, 0.29) is 12.6 Å². The fourth-order valence-corrected chi connectivity index (χ4v) is 2.98. The Hall–Kier alpha value is -0.650. The highest BCUT2D eigenvalue weighted by molar-refractivity contribution is 5.70. The number of rotatable bonds is 6. The molecule has 0 aromatic rings. The molecule has 5 nitrogen and oxygen atoms in total. The van der Waals surface area contributed by atoms with Crippen LogP contribution in [-0.2, 0) is 14.3 Å². The van der Waals surface area contributed by atoms with Crippen molar-refractivity contribution >= 4 is 5.97 Å². The minimum absolute atomic E-state index is 0.0806. The first-order valence-electron chi connectivity index (χ1n) is 7.49. The van der Waals surface area contributed by atoms with Gasteiger partial charge in [-0.1, -0.05) is 6.42 Å². The second kappa shape index (κ2) is 7.82. The van der Waals surface area contributed by atoms with Gasteiger partial charge in [-0.05, 0) is 26.3 Å². The molecule has 0 N–H and O–H groups in total. The lowest BCUT2D eigenvalue weighted by Crippen LogP contribution is -2.55. The fourth-order valence-electron chi connectivity index (χ4n) is 2.98. The van der Waals surface area contributed by atoms with Crippen LogP contribution in [0.1, 0.15) is 26.2 Å². The molecular weight excluding hydrogens is 244 g/mol. The lowest BCUT2D eigenvalue weighted by atomic mass is 9.99. The smallest absolute Gasteiger partial charge is 0.332 e. The van der Waals surface area contributed by atoms with Gasteiger partial charge in [-0.2, -0.15) is 0 Å². The molecule has 2 aliphatic rings. The lowest BCUT2D eigenvalue weighted by Gasteiger charge is -2.44. The molecular formula is C14H26N2O3. The Balaban J connectivity index is 1.58. The van der Waals surface area contributed by atoms with Crippen molar-refractivity contribution in [1.29, 1.82) is 0 Å². The van der Waals surface area contributed by atoms with Crippen molar-refractivity contribution in [2.75, 3.05) is 52.5 Å². The number of hydrogen-bond acceptors (Lipinski definition) is 5. The number of piperidine rings is 1. The predicted molar refractivity (Wildman–Crippen MR) is 73.1 cm³/mol. The van der Waals surface area contributed by atoms with Crippen molar-refractivity contribution in [3.8, 4) is 0 Å². The largest absolute Gasteiger partial charge is 0.464 e. The zero-order valence-electron chi connectivity index (χ0n) is 12.0. The van der Waals surface area contributed by atoms with Crippen LogP contribution >= 0.6 is 0 Å². The zero-order valence-corrected chi connectivity index (χ0v) is 12.0. The van der Waals surface area contributed by atoms with Crippen molar-refractivity contribution in [2.45, 2.75) is 32.2 Å². The summed E-state index contributed by atoms with van der Waals surface area (Å²) in [4.78, 5) is 16.2. The van der Waals surface area contributed by atoms with Gasteiger partial charge in [0.1, 0.15) is 6.61 Å². The minimum atomic E-state index is -0.264.